The van der Waals surface area contributed by atoms with Crippen molar-refractivity contribution >= 4 is 27.6 Å². The number of carbonyl (C=O) groups excluding carboxylic acids is 2. The molecule has 0 N–H and O–H groups in total. The fourth-order valence-corrected chi connectivity index (χ4v) is 0.945. The van der Waals surface area contributed by atoms with Crippen LogP contribution < -0.4 is 78.7 Å². The van der Waals surface area contributed by atoms with E-state index < -0.39 is 27.6 Å². The maximum atomic E-state index is 9.66. The Morgan fingerprint density at radius 2 is 0.947 bits per heavy atom. The molecule has 0 aromatic carbocycles. The quantitative estimate of drug-likeness (QED) is 0.326. The Labute approximate surface area is 165 Å². The molecule has 0 aliphatic rings. The summed E-state index contributed by atoms with van der Waals surface area (Å²) in [5.74, 6) is -2.23. The predicted molar refractivity (Wildman–Crippen MR) is 38.7 cm³/mol. The van der Waals surface area contributed by atoms with Crippen LogP contribution in [0.4, 0.5) is 0 Å². The molecule has 0 rings (SSSR count). The average Bonchev–Trinajstić information content (AvgIpc) is 1.72. The largest absolute Gasteiger partial charge is 2.00 e. The first kappa shape index (κ1) is 32.7. The molecule has 0 aliphatic heterocycles. The standard InChI is InChI=1S/2C2H5O5P.2Na.Zn/c2*1-2(3)7-8(4,5)6;;;/h2*1H3,(H2,4,5,6);;;/q;;2*+1;+2/p-4. The molecule has 0 aromatic heterocycles. The zero-order valence-corrected chi connectivity index (χ0v) is 19.4. The van der Waals surface area contributed by atoms with Gasteiger partial charge < -0.3 is 37.8 Å². The minimum Gasteiger partial charge on any atom is -0.780 e. The second-order valence-electron chi connectivity index (χ2n) is 2.06. The monoisotopic (exact) mass is 386 g/mol. The molecular weight excluding hydrogens is 381 g/mol. The molecule has 0 radical (unpaired) electrons. The number of hydrogen-bond donors (Lipinski definition) is 0. The fraction of sp³-hybridized carbons (Fsp3) is 0.500. The van der Waals surface area contributed by atoms with Gasteiger partial charge in [0, 0.05) is 13.8 Å². The number of phosphoric ester groups is 2. The molecule has 0 unspecified atom stereocenters. The van der Waals surface area contributed by atoms with E-state index in [1.165, 1.54) is 0 Å². The molecule has 0 saturated heterocycles. The van der Waals surface area contributed by atoms with Gasteiger partial charge in [0.2, 0.25) is 0 Å². The molecule has 0 aromatic rings. The SMILES string of the molecule is CC(=O)OP(=O)([O-])[O-].CC(=O)OP(=O)([O-])[O-].[Na+].[Na+].[Zn+2]. The summed E-state index contributed by atoms with van der Waals surface area (Å²) in [5.41, 5.74) is 0. The van der Waals surface area contributed by atoms with E-state index in [2.05, 4.69) is 9.05 Å². The second-order valence-corrected chi connectivity index (χ2v) is 4.21. The van der Waals surface area contributed by atoms with E-state index >= 15 is 0 Å². The minimum atomic E-state index is -5.07. The van der Waals surface area contributed by atoms with Gasteiger partial charge in [0.15, 0.2) is 0 Å². The van der Waals surface area contributed by atoms with Crippen molar-refractivity contribution < 1.29 is 126 Å². The maximum Gasteiger partial charge on any atom is 2.00 e. The third-order valence-electron chi connectivity index (χ3n) is 0.481. The molecule has 0 atom stereocenters. The Morgan fingerprint density at radius 1 is 0.789 bits per heavy atom. The van der Waals surface area contributed by atoms with Crippen molar-refractivity contribution in [1.82, 2.24) is 0 Å². The van der Waals surface area contributed by atoms with Crippen LogP contribution in [0.2, 0.25) is 0 Å². The van der Waals surface area contributed by atoms with Crippen LogP contribution in [0, 0.1) is 0 Å². The van der Waals surface area contributed by atoms with E-state index in [-0.39, 0.29) is 78.6 Å². The number of rotatable bonds is 2. The summed E-state index contributed by atoms with van der Waals surface area (Å²) >= 11 is 0. The van der Waals surface area contributed by atoms with E-state index in [1.54, 1.807) is 0 Å². The molecule has 0 fully saturated rings. The Hall–Kier alpha value is 1.86. The van der Waals surface area contributed by atoms with Crippen LogP contribution in [-0.2, 0) is 47.2 Å². The summed E-state index contributed by atoms with van der Waals surface area (Å²) in [6, 6.07) is 0. The fourth-order valence-electron chi connectivity index (χ4n) is 0.315. The molecule has 0 spiro atoms. The zero-order valence-electron chi connectivity index (χ0n) is 10.7. The van der Waals surface area contributed by atoms with Crippen LogP contribution in [0.3, 0.4) is 0 Å². The van der Waals surface area contributed by atoms with Gasteiger partial charge in [-0.1, -0.05) is 0 Å². The second kappa shape index (κ2) is 14.8. The molecule has 0 aliphatic carbocycles. The van der Waals surface area contributed by atoms with Crippen molar-refractivity contribution in [2.24, 2.45) is 0 Å². The van der Waals surface area contributed by atoms with E-state index in [1.807, 2.05) is 0 Å². The van der Waals surface area contributed by atoms with Crippen molar-refractivity contribution in [1.29, 1.82) is 0 Å². The van der Waals surface area contributed by atoms with Crippen molar-refractivity contribution in [2.75, 3.05) is 0 Å². The summed E-state index contributed by atoms with van der Waals surface area (Å²) in [6.45, 7) is 1.67. The Balaban J connectivity index is -0.0000000594. The minimum absolute atomic E-state index is 0. The van der Waals surface area contributed by atoms with Gasteiger partial charge >= 0.3 is 90.5 Å². The van der Waals surface area contributed by atoms with Crippen molar-refractivity contribution in [3.63, 3.8) is 0 Å². The first-order chi connectivity index (χ1) is 6.83. The summed E-state index contributed by atoms with van der Waals surface area (Å²) in [4.78, 5) is 57.2. The van der Waals surface area contributed by atoms with Crippen LogP contribution in [0.15, 0.2) is 0 Å². The first-order valence-electron chi connectivity index (χ1n) is 3.28. The summed E-state index contributed by atoms with van der Waals surface area (Å²) in [6.07, 6.45) is 0. The summed E-state index contributed by atoms with van der Waals surface area (Å²) in [5, 5.41) is 0. The Kier molecular flexibility index (Phi) is 25.5. The van der Waals surface area contributed by atoms with Crippen LogP contribution in [0.5, 0.6) is 0 Å². The van der Waals surface area contributed by atoms with E-state index in [9.17, 15) is 38.3 Å². The molecule has 0 saturated carbocycles. The molecule has 0 amide bonds. The summed E-state index contributed by atoms with van der Waals surface area (Å²) < 4.78 is 25.4. The third kappa shape index (κ3) is 45.0. The van der Waals surface area contributed by atoms with Crippen molar-refractivity contribution in [2.45, 2.75) is 13.8 Å². The van der Waals surface area contributed by atoms with Gasteiger partial charge in [0.05, 0.1) is 0 Å². The molecule has 0 bridgehead atoms. The number of phosphoric acid groups is 2. The van der Waals surface area contributed by atoms with Crippen molar-refractivity contribution in [3.05, 3.63) is 0 Å². The summed E-state index contributed by atoms with van der Waals surface area (Å²) in [7, 11) is -10.1. The molecule has 96 valence electrons. The van der Waals surface area contributed by atoms with Gasteiger partial charge in [-0.15, -0.1) is 0 Å². The molecule has 19 heavy (non-hydrogen) atoms. The topological polar surface area (TPSA) is 179 Å². The molecule has 0 heterocycles. The normalized spacial score (nSPS) is 9.16. The van der Waals surface area contributed by atoms with Crippen LogP contribution >= 0.6 is 15.6 Å². The first-order valence-corrected chi connectivity index (χ1v) is 6.20. The van der Waals surface area contributed by atoms with E-state index in [4.69, 9.17) is 0 Å². The molecule has 15 heteroatoms. The average molecular weight is 387 g/mol. The van der Waals surface area contributed by atoms with Gasteiger partial charge in [-0.25, -0.2) is 0 Å². The van der Waals surface area contributed by atoms with Gasteiger partial charge in [-0.2, -0.15) is 0 Å². The van der Waals surface area contributed by atoms with Crippen molar-refractivity contribution in [3.8, 4) is 0 Å². The van der Waals surface area contributed by atoms with Crippen LogP contribution in [0.25, 0.3) is 0 Å². The number of carbonyl (C=O) groups is 2. The van der Waals surface area contributed by atoms with Crippen LogP contribution in [0.1, 0.15) is 13.8 Å². The van der Waals surface area contributed by atoms with E-state index in [0.29, 0.717) is 0 Å². The molecule has 10 nitrogen and oxygen atoms in total. The van der Waals surface area contributed by atoms with Gasteiger partial charge in [-0.05, 0) is 0 Å². The number of hydrogen-bond acceptors (Lipinski definition) is 10. The predicted octanol–water partition coefficient (Wildman–Crippen LogP) is -9.24. The molecular formula is C4H6Na2O10P2Zn. The smallest absolute Gasteiger partial charge is 0.780 e. The maximum absolute atomic E-state index is 9.66. The zero-order chi connectivity index (χ0) is 13.6. The van der Waals surface area contributed by atoms with E-state index in [0.717, 1.165) is 13.8 Å². The van der Waals surface area contributed by atoms with Gasteiger partial charge in [0.25, 0.3) is 0 Å². The van der Waals surface area contributed by atoms with Gasteiger partial charge in [0.1, 0.15) is 15.6 Å². The Morgan fingerprint density at radius 3 is 0.947 bits per heavy atom. The third-order valence-corrected chi connectivity index (χ3v) is 1.44. The Bertz CT molecular complexity index is 315. The van der Waals surface area contributed by atoms with Crippen LogP contribution in [-0.4, -0.2) is 11.9 Å². The van der Waals surface area contributed by atoms with Gasteiger partial charge in [-0.3, -0.25) is 9.59 Å².